The van der Waals surface area contributed by atoms with E-state index in [4.69, 9.17) is 5.11 Å². The third-order valence-electron chi connectivity index (χ3n) is 3.90. The van der Waals surface area contributed by atoms with Crippen molar-refractivity contribution in [3.05, 3.63) is 65.5 Å². The molecule has 0 unspecified atom stereocenters. The molecule has 0 spiro atoms. The SMILES string of the molecule is O=C(O)CN/N=c1\n(Cc2ccc(F)cc2)c2ccccc2n1C(=O)C(=O)O. The molecule has 144 valence electrons. The van der Waals surface area contributed by atoms with Crippen LogP contribution in [0.2, 0.25) is 0 Å². The number of carboxylic acid groups (broad SMARTS) is 2. The fraction of sp³-hybridized carbons (Fsp3) is 0.111. The molecule has 1 aromatic heterocycles. The molecule has 3 aromatic rings. The highest BCUT2D eigenvalue weighted by Gasteiger charge is 2.22. The topological polar surface area (TPSA) is 126 Å². The molecule has 9 nitrogen and oxygen atoms in total. The molecule has 28 heavy (non-hydrogen) atoms. The van der Waals surface area contributed by atoms with Crippen molar-refractivity contribution in [2.24, 2.45) is 5.10 Å². The van der Waals surface area contributed by atoms with Gasteiger partial charge in [-0.2, -0.15) is 0 Å². The summed E-state index contributed by atoms with van der Waals surface area (Å²) in [6, 6.07) is 12.2. The highest BCUT2D eigenvalue weighted by atomic mass is 19.1. The molecule has 0 saturated heterocycles. The Labute approximate surface area is 156 Å². The van der Waals surface area contributed by atoms with Gasteiger partial charge in [0, 0.05) is 0 Å². The summed E-state index contributed by atoms with van der Waals surface area (Å²) in [5.41, 5.74) is 3.67. The largest absolute Gasteiger partial charge is 0.480 e. The quantitative estimate of drug-likeness (QED) is 0.441. The summed E-state index contributed by atoms with van der Waals surface area (Å²) in [6.07, 6.45) is 0. The second kappa shape index (κ2) is 7.74. The number of benzene rings is 2. The molecule has 0 aliphatic heterocycles. The number of carbonyl (C=O) groups is 3. The minimum Gasteiger partial charge on any atom is -0.480 e. The smallest absolute Gasteiger partial charge is 0.395 e. The van der Waals surface area contributed by atoms with Crippen LogP contribution >= 0.6 is 0 Å². The molecular formula is C18H15FN4O5. The third-order valence-corrected chi connectivity index (χ3v) is 3.90. The number of fused-ring (bicyclic) bond motifs is 1. The van der Waals surface area contributed by atoms with Gasteiger partial charge >= 0.3 is 17.8 Å². The van der Waals surface area contributed by atoms with Crippen LogP contribution in [0, 0.1) is 5.82 Å². The van der Waals surface area contributed by atoms with Gasteiger partial charge in [-0.1, -0.05) is 24.3 Å². The van der Waals surface area contributed by atoms with E-state index in [1.54, 1.807) is 36.4 Å². The van der Waals surface area contributed by atoms with E-state index in [9.17, 15) is 23.9 Å². The van der Waals surface area contributed by atoms with Crippen LogP contribution in [0.1, 0.15) is 10.4 Å². The predicted molar refractivity (Wildman–Crippen MR) is 94.9 cm³/mol. The highest BCUT2D eigenvalue weighted by Crippen LogP contribution is 2.15. The molecule has 0 aliphatic rings. The minimum absolute atomic E-state index is 0.0980. The van der Waals surface area contributed by atoms with Crippen molar-refractivity contribution in [3.63, 3.8) is 0 Å². The number of aromatic nitrogens is 2. The van der Waals surface area contributed by atoms with Crippen LogP contribution in [0.15, 0.2) is 53.6 Å². The summed E-state index contributed by atoms with van der Waals surface area (Å²) in [6.45, 7) is -0.381. The van der Waals surface area contributed by atoms with E-state index in [-0.39, 0.29) is 17.7 Å². The van der Waals surface area contributed by atoms with Gasteiger partial charge in [-0.25, -0.2) is 13.8 Å². The zero-order valence-corrected chi connectivity index (χ0v) is 14.4. The van der Waals surface area contributed by atoms with Gasteiger partial charge in [-0.05, 0) is 29.8 Å². The maximum Gasteiger partial charge on any atom is 0.395 e. The lowest BCUT2D eigenvalue weighted by Gasteiger charge is -2.06. The summed E-state index contributed by atoms with van der Waals surface area (Å²) in [7, 11) is 0. The van der Waals surface area contributed by atoms with Crippen molar-refractivity contribution in [1.29, 1.82) is 0 Å². The Bertz CT molecular complexity index is 1130. The van der Waals surface area contributed by atoms with Crippen molar-refractivity contribution < 1.29 is 29.0 Å². The Morgan fingerprint density at radius 1 is 1.00 bits per heavy atom. The fourth-order valence-electron chi connectivity index (χ4n) is 2.73. The maximum atomic E-state index is 13.2. The molecule has 3 rings (SSSR count). The monoisotopic (exact) mass is 386 g/mol. The van der Waals surface area contributed by atoms with Gasteiger partial charge < -0.3 is 14.8 Å². The summed E-state index contributed by atoms with van der Waals surface area (Å²) in [5.74, 6) is -4.53. The second-order valence-electron chi connectivity index (χ2n) is 5.79. The van der Waals surface area contributed by atoms with Crippen LogP contribution in [0.25, 0.3) is 11.0 Å². The Balaban J connectivity index is 2.24. The lowest BCUT2D eigenvalue weighted by atomic mass is 10.2. The van der Waals surface area contributed by atoms with Gasteiger partial charge in [0.1, 0.15) is 12.4 Å². The Kier molecular flexibility index (Phi) is 5.21. The van der Waals surface area contributed by atoms with E-state index >= 15 is 0 Å². The molecule has 0 bridgehead atoms. The maximum absolute atomic E-state index is 13.2. The number of nitrogens with zero attached hydrogens (tertiary/aromatic N) is 3. The first-order valence-corrected chi connectivity index (χ1v) is 8.09. The van der Waals surface area contributed by atoms with E-state index in [2.05, 4.69) is 10.5 Å². The lowest BCUT2D eigenvalue weighted by Crippen LogP contribution is -2.36. The predicted octanol–water partition coefficient (Wildman–Crippen LogP) is 0.845. The standard InChI is InChI=1S/C18H15FN4O5/c19-12-7-5-11(6-8-12)10-22-13-3-1-2-4-14(13)23(16(26)17(27)28)18(22)21-20-9-15(24)25/h1-8,20H,9-10H2,(H,24,25)(H,27,28)/b21-18+. The number of carbonyl (C=O) groups excluding carboxylic acids is 1. The molecule has 0 fully saturated rings. The second-order valence-corrected chi connectivity index (χ2v) is 5.79. The van der Waals surface area contributed by atoms with Crippen LogP contribution in [-0.2, 0) is 16.1 Å². The van der Waals surface area contributed by atoms with Crippen molar-refractivity contribution >= 4 is 28.9 Å². The molecule has 0 radical (unpaired) electrons. The molecule has 3 N–H and O–H groups in total. The summed E-state index contributed by atoms with van der Waals surface area (Å²) < 4.78 is 15.6. The first kappa shape index (κ1) is 18.8. The number of para-hydroxylation sites is 2. The zero-order valence-electron chi connectivity index (χ0n) is 14.4. The third kappa shape index (κ3) is 3.75. The number of hydrogen-bond acceptors (Lipinski definition) is 5. The summed E-state index contributed by atoms with van der Waals surface area (Å²) in [5, 5.41) is 21.9. The van der Waals surface area contributed by atoms with Gasteiger partial charge in [0.05, 0.1) is 17.6 Å². The molecule has 0 amide bonds. The number of aliphatic carboxylic acids is 2. The molecule has 0 atom stereocenters. The van der Waals surface area contributed by atoms with Crippen LogP contribution in [-0.4, -0.2) is 43.7 Å². The minimum atomic E-state index is -1.69. The van der Waals surface area contributed by atoms with Crippen LogP contribution in [0.5, 0.6) is 0 Å². The van der Waals surface area contributed by atoms with Crippen molar-refractivity contribution in [2.45, 2.75) is 6.54 Å². The zero-order chi connectivity index (χ0) is 20.3. The van der Waals surface area contributed by atoms with Crippen LogP contribution in [0.4, 0.5) is 4.39 Å². The van der Waals surface area contributed by atoms with E-state index < -0.39 is 30.2 Å². The number of halogens is 1. The van der Waals surface area contributed by atoms with Crippen LogP contribution < -0.4 is 11.0 Å². The molecule has 0 saturated carbocycles. The average molecular weight is 386 g/mol. The van der Waals surface area contributed by atoms with E-state index in [0.29, 0.717) is 11.1 Å². The van der Waals surface area contributed by atoms with Gasteiger partial charge in [0.2, 0.25) is 5.62 Å². The van der Waals surface area contributed by atoms with E-state index in [0.717, 1.165) is 4.57 Å². The molecular weight excluding hydrogens is 371 g/mol. The Hall–Kier alpha value is -3.95. The first-order chi connectivity index (χ1) is 13.4. The van der Waals surface area contributed by atoms with E-state index in [1.807, 2.05) is 0 Å². The Morgan fingerprint density at radius 2 is 1.64 bits per heavy atom. The Morgan fingerprint density at radius 3 is 2.25 bits per heavy atom. The number of carboxylic acids is 2. The van der Waals surface area contributed by atoms with Gasteiger partial charge in [-0.15, -0.1) is 5.10 Å². The number of imidazole rings is 1. The molecule has 0 aliphatic carbocycles. The average Bonchev–Trinajstić information content (AvgIpc) is 2.96. The number of hydrogen-bond donors (Lipinski definition) is 3. The van der Waals surface area contributed by atoms with Gasteiger partial charge in [0.25, 0.3) is 0 Å². The molecule has 2 aromatic carbocycles. The summed E-state index contributed by atoms with van der Waals surface area (Å²) >= 11 is 0. The number of nitrogens with one attached hydrogen (secondary N) is 1. The van der Waals surface area contributed by atoms with Crippen LogP contribution in [0.3, 0.4) is 0 Å². The molecule has 10 heteroatoms. The normalized spacial score (nSPS) is 11.5. The van der Waals surface area contributed by atoms with Crippen molar-refractivity contribution in [2.75, 3.05) is 6.54 Å². The summed E-state index contributed by atoms with van der Waals surface area (Å²) in [4.78, 5) is 34.4. The van der Waals surface area contributed by atoms with Crippen molar-refractivity contribution in [1.82, 2.24) is 14.6 Å². The van der Waals surface area contributed by atoms with Crippen molar-refractivity contribution in [3.8, 4) is 0 Å². The fourth-order valence-corrected chi connectivity index (χ4v) is 2.73. The highest BCUT2D eigenvalue weighted by molar-refractivity contribution is 6.33. The van der Waals surface area contributed by atoms with E-state index in [1.165, 1.54) is 16.7 Å². The van der Waals surface area contributed by atoms with Gasteiger partial charge in [-0.3, -0.25) is 15.0 Å². The molecule has 1 heterocycles. The first-order valence-electron chi connectivity index (χ1n) is 8.09. The van der Waals surface area contributed by atoms with Gasteiger partial charge in [0.15, 0.2) is 0 Å². The number of rotatable bonds is 5. The lowest BCUT2D eigenvalue weighted by molar-refractivity contribution is -0.136.